The van der Waals surface area contributed by atoms with Gasteiger partial charge in [0.05, 0.1) is 5.41 Å². The van der Waals surface area contributed by atoms with Crippen molar-refractivity contribution in [3.8, 4) is 44.5 Å². The van der Waals surface area contributed by atoms with Crippen molar-refractivity contribution >= 4 is 27.8 Å². The van der Waals surface area contributed by atoms with Crippen LogP contribution in [0.5, 0.6) is 0 Å². The van der Waals surface area contributed by atoms with Crippen molar-refractivity contribution in [2.24, 2.45) is 0 Å². The fourth-order valence-electron chi connectivity index (χ4n) is 12.1. The third-order valence-electron chi connectivity index (χ3n) is 15.8. The molecule has 0 heterocycles. The van der Waals surface area contributed by atoms with Gasteiger partial charge in [-0.15, -0.1) is 0 Å². The van der Waals surface area contributed by atoms with E-state index in [1.165, 1.54) is 99.8 Å². The Morgan fingerprint density at radius 3 is 1.56 bits per heavy atom. The Kier molecular flexibility index (Phi) is 10.3. The first-order chi connectivity index (χ1) is 34.2. The van der Waals surface area contributed by atoms with Crippen LogP contribution in [-0.2, 0) is 21.7 Å². The summed E-state index contributed by atoms with van der Waals surface area (Å²) in [7, 11) is 0. The second-order valence-corrected chi connectivity index (χ2v) is 22.6. The summed E-state index contributed by atoms with van der Waals surface area (Å²) in [5.41, 5.74) is 23.0. The molecular weight excluding hydrogens is 855 g/mol. The number of hydrogen-bond donors (Lipinski definition) is 0. The minimum Gasteiger partial charge on any atom is -0.310 e. The van der Waals surface area contributed by atoms with Gasteiger partial charge in [-0.3, -0.25) is 0 Å². The van der Waals surface area contributed by atoms with Crippen molar-refractivity contribution in [3.63, 3.8) is 0 Å². The third-order valence-corrected chi connectivity index (χ3v) is 15.8. The molecule has 1 nitrogen and oxygen atoms in total. The van der Waals surface area contributed by atoms with Crippen molar-refractivity contribution in [2.75, 3.05) is 4.90 Å². The van der Waals surface area contributed by atoms with Crippen molar-refractivity contribution < 1.29 is 0 Å². The van der Waals surface area contributed by atoms with Crippen molar-refractivity contribution in [2.45, 2.75) is 77.0 Å². The Hall–Kier alpha value is -7.74. The zero-order valence-corrected chi connectivity index (χ0v) is 42.3. The lowest BCUT2D eigenvalue weighted by Gasteiger charge is -2.37. The largest absolute Gasteiger partial charge is 0.310 e. The summed E-state index contributed by atoms with van der Waals surface area (Å²) in [6, 6.07) is 85.2. The molecule has 346 valence electrons. The van der Waals surface area contributed by atoms with E-state index in [1.54, 1.807) is 0 Å². The van der Waals surface area contributed by atoms with E-state index in [0.29, 0.717) is 0 Å². The lowest BCUT2D eigenvalue weighted by molar-refractivity contribution is 0.585. The molecule has 10 aromatic rings. The molecule has 12 rings (SSSR count). The molecule has 0 atom stereocenters. The highest BCUT2D eigenvalue weighted by atomic mass is 15.1. The van der Waals surface area contributed by atoms with E-state index in [4.69, 9.17) is 0 Å². The predicted octanol–water partition coefficient (Wildman–Crippen LogP) is 18.9. The van der Waals surface area contributed by atoms with Gasteiger partial charge in [0.1, 0.15) is 0 Å². The number of anilines is 3. The second kappa shape index (κ2) is 16.4. The normalized spacial score (nSPS) is 14.1. The van der Waals surface area contributed by atoms with Gasteiger partial charge in [0, 0.05) is 22.5 Å². The molecule has 0 saturated carbocycles. The summed E-state index contributed by atoms with van der Waals surface area (Å²) >= 11 is 0. The van der Waals surface area contributed by atoms with Crippen LogP contribution in [0.1, 0.15) is 99.9 Å². The smallest absolute Gasteiger partial charge is 0.0714 e. The number of nitrogens with zero attached hydrogens (tertiary/aromatic N) is 1. The highest BCUT2D eigenvalue weighted by Crippen LogP contribution is 2.59. The van der Waals surface area contributed by atoms with Crippen LogP contribution in [0.15, 0.2) is 224 Å². The molecular formula is C70H61N. The fourth-order valence-corrected chi connectivity index (χ4v) is 12.1. The minimum absolute atomic E-state index is 0.0592. The number of rotatable bonds is 7. The molecule has 0 bridgehead atoms. The van der Waals surface area contributed by atoms with Gasteiger partial charge in [0.15, 0.2) is 0 Å². The van der Waals surface area contributed by atoms with Gasteiger partial charge >= 0.3 is 0 Å². The Morgan fingerprint density at radius 1 is 0.324 bits per heavy atom. The van der Waals surface area contributed by atoms with Crippen molar-refractivity contribution in [3.05, 3.63) is 269 Å². The summed E-state index contributed by atoms with van der Waals surface area (Å²) in [6.45, 7) is 18.8. The minimum atomic E-state index is -0.653. The topological polar surface area (TPSA) is 3.24 Å². The van der Waals surface area contributed by atoms with Crippen LogP contribution in [0, 0.1) is 0 Å². The molecule has 0 unspecified atom stereocenters. The first-order valence-electron chi connectivity index (χ1n) is 25.4. The third kappa shape index (κ3) is 7.20. The molecule has 1 heteroatoms. The fraction of sp³-hybridized carbons (Fsp3) is 0.171. The van der Waals surface area contributed by atoms with E-state index in [2.05, 4.69) is 285 Å². The second-order valence-electron chi connectivity index (χ2n) is 22.6. The molecule has 71 heavy (non-hydrogen) atoms. The average molecular weight is 916 g/mol. The standard InChI is InChI=1S/C70H61N/c1-67(2,3)50-25-18-27-52(42-50)70(53-28-19-26-51(43-53)68(4,5)6)64-39-34-49(58-32-17-23-47-22-12-13-30-57(47)58)41-62(64)61-38-36-56(45-66(61)70)71(54-29-16-24-48(40-54)46-20-10-9-11-21-46)55-35-37-60-59-31-14-15-33-63(59)69(7,8)65(60)44-55/h9-45H,1-8H3. The van der Waals surface area contributed by atoms with Crippen LogP contribution in [0.4, 0.5) is 17.1 Å². The van der Waals surface area contributed by atoms with E-state index >= 15 is 0 Å². The molecule has 2 aliphatic rings. The van der Waals surface area contributed by atoms with Gasteiger partial charge in [-0.05, 0) is 153 Å². The quantitative estimate of drug-likeness (QED) is 0.154. The van der Waals surface area contributed by atoms with Gasteiger partial charge in [0.25, 0.3) is 0 Å². The zero-order valence-electron chi connectivity index (χ0n) is 42.3. The summed E-state index contributed by atoms with van der Waals surface area (Å²) < 4.78 is 0. The molecule has 0 aromatic heterocycles. The van der Waals surface area contributed by atoms with Crippen molar-refractivity contribution in [1.82, 2.24) is 0 Å². The van der Waals surface area contributed by atoms with Gasteiger partial charge in [-0.1, -0.05) is 237 Å². The summed E-state index contributed by atoms with van der Waals surface area (Å²) in [4.78, 5) is 2.51. The lowest BCUT2D eigenvalue weighted by atomic mass is 9.66. The maximum absolute atomic E-state index is 2.54. The van der Waals surface area contributed by atoms with Crippen LogP contribution >= 0.6 is 0 Å². The molecule has 0 N–H and O–H groups in total. The molecule has 0 aliphatic heterocycles. The van der Waals surface area contributed by atoms with E-state index < -0.39 is 5.41 Å². The number of hydrogen-bond acceptors (Lipinski definition) is 1. The maximum atomic E-state index is 2.54. The Morgan fingerprint density at radius 2 is 0.859 bits per heavy atom. The number of benzene rings is 10. The SMILES string of the molecule is CC(C)(C)c1cccc(C2(c3cccc(C(C)(C)C)c3)c3ccc(-c4cccc5ccccc45)cc3-c3ccc(N(c4cccc(-c5ccccc5)c4)c4ccc5c(c4)C(C)(C)c4ccccc4-5)cc32)c1. The number of fused-ring (bicyclic) bond motifs is 7. The predicted molar refractivity (Wildman–Crippen MR) is 302 cm³/mol. The van der Waals surface area contributed by atoms with E-state index in [0.717, 1.165) is 17.1 Å². The van der Waals surface area contributed by atoms with Crippen LogP contribution in [0.2, 0.25) is 0 Å². The Bertz CT molecular complexity index is 3640. The molecule has 0 amide bonds. The van der Waals surface area contributed by atoms with Crippen LogP contribution in [0.3, 0.4) is 0 Å². The summed E-state index contributed by atoms with van der Waals surface area (Å²) in [5, 5.41) is 2.51. The maximum Gasteiger partial charge on any atom is 0.0714 e. The Balaban J connectivity index is 1.16. The first kappa shape index (κ1) is 44.5. The molecule has 0 fully saturated rings. The average Bonchev–Trinajstić information content (AvgIpc) is 3.80. The molecule has 10 aromatic carbocycles. The van der Waals surface area contributed by atoms with Crippen LogP contribution in [-0.4, -0.2) is 0 Å². The molecule has 0 radical (unpaired) electrons. The summed E-state index contributed by atoms with van der Waals surface area (Å²) in [6.07, 6.45) is 0. The van der Waals surface area contributed by atoms with Gasteiger partial charge in [-0.2, -0.15) is 0 Å². The molecule has 0 spiro atoms. The molecule has 2 aliphatic carbocycles. The van der Waals surface area contributed by atoms with Gasteiger partial charge < -0.3 is 4.90 Å². The first-order valence-corrected chi connectivity index (χ1v) is 25.4. The highest BCUT2D eigenvalue weighted by Gasteiger charge is 2.47. The van der Waals surface area contributed by atoms with Gasteiger partial charge in [-0.25, -0.2) is 0 Å². The highest BCUT2D eigenvalue weighted by molar-refractivity contribution is 5.99. The molecule has 0 saturated heterocycles. The van der Waals surface area contributed by atoms with E-state index in [1.807, 2.05) is 0 Å². The van der Waals surface area contributed by atoms with Crippen LogP contribution in [0.25, 0.3) is 55.3 Å². The Labute approximate surface area is 421 Å². The van der Waals surface area contributed by atoms with Crippen molar-refractivity contribution in [1.29, 1.82) is 0 Å². The van der Waals surface area contributed by atoms with Crippen LogP contribution < -0.4 is 4.90 Å². The lowest BCUT2D eigenvalue weighted by Crippen LogP contribution is -2.30. The van der Waals surface area contributed by atoms with Gasteiger partial charge in [0.2, 0.25) is 0 Å². The summed E-state index contributed by atoms with van der Waals surface area (Å²) in [5.74, 6) is 0. The van der Waals surface area contributed by atoms with E-state index in [-0.39, 0.29) is 16.2 Å². The van der Waals surface area contributed by atoms with E-state index in [9.17, 15) is 0 Å². The zero-order chi connectivity index (χ0) is 48.9. The monoisotopic (exact) mass is 915 g/mol.